The lowest BCUT2D eigenvalue weighted by Gasteiger charge is -2.06. The predicted octanol–water partition coefficient (Wildman–Crippen LogP) is 3.15. The third-order valence-electron chi connectivity index (χ3n) is 2.73. The van der Waals surface area contributed by atoms with Gasteiger partial charge in [0, 0.05) is 5.69 Å². The second-order valence-electron chi connectivity index (χ2n) is 4.27. The Morgan fingerprint density at radius 2 is 1.83 bits per heavy atom. The van der Waals surface area contributed by atoms with E-state index in [0.717, 1.165) is 12.1 Å². The summed E-state index contributed by atoms with van der Waals surface area (Å²) >= 11 is 0. The molecule has 2 aromatic rings. The number of nitrogens with one attached hydrogen (secondary N) is 1. The molecule has 4 nitrogen and oxygen atoms in total. The van der Waals surface area contributed by atoms with Crippen molar-refractivity contribution >= 4 is 17.3 Å². The Labute approximate surface area is 107 Å². The van der Waals surface area contributed by atoms with Gasteiger partial charge in [0.15, 0.2) is 5.82 Å². The van der Waals surface area contributed by atoms with Crippen molar-refractivity contribution in [3.05, 3.63) is 42.0 Å². The van der Waals surface area contributed by atoms with Crippen LogP contribution in [0.15, 0.2) is 36.4 Å². The molecule has 0 saturated carbocycles. The van der Waals surface area contributed by atoms with Crippen LogP contribution < -0.4 is 11.1 Å². The number of rotatable bonds is 5. The summed E-state index contributed by atoms with van der Waals surface area (Å²) in [6.45, 7) is 2.20. The second-order valence-corrected chi connectivity index (χ2v) is 4.27. The Hall–Kier alpha value is -2.10. The largest absolute Gasteiger partial charge is 0.382 e. The lowest BCUT2D eigenvalue weighted by Crippen LogP contribution is -1.98. The summed E-state index contributed by atoms with van der Waals surface area (Å²) in [6, 6.07) is 11.9. The van der Waals surface area contributed by atoms with Gasteiger partial charge in [0.2, 0.25) is 0 Å². The molecule has 0 unspecified atom stereocenters. The minimum absolute atomic E-state index is 0.426. The fraction of sp³-hybridized carbons (Fsp3) is 0.286. The molecule has 0 spiro atoms. The molecule has 1 aromatic carbocycles. The predicted molar refractivity (Wildman–Crippen MR) is 74.8 cm³/mol. The number of aryl methyl sites for hydroxylation is 1. The van der Waals surface area contributed by atoms with Crippen LogP contribution >= 0.6 is 0 Å². The molecule has 1 aromatic heterocycles. The molecular weight excluding hydrogens is 224 g/mol. The Balaban J connectivity index is 1.99. The number of anilines is 3. The smallest absolute Gasteiger partial charge is 0.153 e. The zero-order valence-electron chi connectivity index (χ0n) is 10.6. The third kappa shape index (κ3) is 3.45. The van der Waals surface area contributed by atoms with E-state index in [1.807, 2.05) is 6.07 Å². The van der Waals surface area contributed by atoms with E-state index < -0.39 is 0 Å². The van der Waals surface area contributed by atoms with Gasteiger partial charge in [-0.2, -0.15) is 0 Å². The molecule has 0 atom stereocenters. The summed E-state index contributed by atoms with van der Waals surface area (Å²) in [5, 5.41) is 10.9. The summed E-state index contributed by atoms with van der Waals surface area (Å²) in [4.78, 5) is 0. The molecule has 2 rings (SSSR count). The van der Waals surface area contributed by atoms with Gasteiger partial charge in [-0.15, -0.1) is 10.2 Å². The van der Waals surface area contributed by atoms with Gasteiger partial charge in [-0.3, -0.25) is 0 Å². The molecule has 94 valence electrons. The standard InChI is InChI=1S/C14H18N4/c1-2-3-4-11-5-7-12(8-6-11)16-14-10-9-13(15)17-18-14/h5-10H,2-4H2,1H3,(H2,15,17)(H,16,18). The molecule has 0 aliphatic rings. The van der Waals surface area contributed by atoms with Crippen LogP contribution in [0.25, 0.3) is 0 Å². The van der Waals surface area contributed by atoms with Gasteiger partial charge in [0.25, 0.3) is 0 Å². The number of nitrogens with zero attached hydrogens (tertiary/aromatic N) is 2. The molecule has 0 bridgehead atoms. The van der Waals surface area contributed by atoms with Crippen molar-refractivity contribution in [2.45, 2.75) is 26.2 Å². The minimum Gasteiger partial charge on any atom is -0.382 e. The van der Waals surface area contributed by atoms with Crippen molar-refractivity contribution in [3.63, 3.8) is 0 Å². The quantitative estimate of drug-likeness (QED) is 0.845. The van der Waals surface area contributed by atoms with Gasteiger partial charge >= 0.3 is 0 Å². The Morgan fingerprint density at radius 3 is 2.44 bits per heavy atom. The normalized spacial score (nSPS) is 10.3. The average Bonchev–Trinajstić information content (AvgIpc) is 2.41. The summed E-state index contributed by atoms with van der Waals surface area (Å²) in [6.07, 6.45) is 3.59. The monoisotopic (exact) mass is 242 g/mol. The third-order valence-corrected chi connectivity index (χ3v) is 2.73. The second kappa shape index (κ2) is 6.00. The topological polar surface area (TPSA) is 63.8 Å². The first-order valence-electron chi connectivity index (χ1n) is 6.23. The molecule has 18 heavy (non-hydrogen) atoms. The first-order valence-corrected chi connectivity index (χ1v) is 6.23. The number of hydrogen-bond acceptors (Lipinski definition) is 4. The maximum Gasteiger partial charge on any atom is 0.153 e. The number of nitrogen functional groups attached to an aromatic ring is 1. The van der Waals surface area contributed by atoms with Crippen molar-refractivity contribution in [1.82, 2.24) is 10.2 Å². The van der Waals surface area contributed by atoms with Crippen LogP contribution in [0.4, 0.5) is 17.3 Å². The van der Waals surface area contributed by atoms with E-state index in [1.165, 1.54) is 18.4 Å². The Morgan fingerprint density at radius 1 is 1.06 bits per heavy atom. The molecule has 0 fully saturated rings. The van der Waals surface area contributed by atoms with Crippen molar-refractivity contribution in [2.75, 3.05) is 11.1 Å². The molecule has 4 heteroatoms. The maximum atomic E-state index is 5.49. The van der Waals surface area contributed by atoms with Crippen molar-refractivity contribution in [1.29, 1.82) is 0 Å². The summed E-state index contributed by atoms with van der Waals surface area (Å²) in [7, 11) is 0. The van der Waals surface area contributed by atoms with Crippen LogP contribution in [0.1, 0.15) is 25.3 Å². The van der Waals surface area contributed by atoms with Gasteiger partial charge in [-0.05, 0) is 42.7 Å². The van der Waals surface area contributed by atoms with Crippen LogP contribution in [0.5, 0.6) is 0 Å². The average molecular weight is 242 g/mol. The highest BCUT2D eigenvalue weighted by molar-refractivity contribution is 5.56. The van der Waals surface area contributed by atoms with Crippen LogP contribution in [0.3, 0.4) is 0 Å². The van der Waals surface area contributed by atoms with E-state index >= 15 is 0 Å². The van der Waals surface area contributed by atoms with Crippen LogP contribution in [-0.2, 0) is 6.42 Å². The molecule has 0 amide bonds. The van der Waals surface area contributed by atoms with Crippen molar-refractivity contribution < 1.29 is 0 Å². The highest BCUT2D eigenvalue weighted by atomic mass is 15.2. The van der Waals surface area contributed by atoms with E-state index in [0.29, 0.717) is 11.6 Å². The summed E-state index contributed by atoms with van der Waals surface area (Å²) < 4.78 is 0. The van der Waals surface area contributed by atoms with Gasteiger partial charge < -0.3 is 11.1 Å². The van der Waals surface area contributed by atoms with E-state index in [4.69, 9.17) is 5.73 Å². The molecule has 1 heterocycles. The number of nitrogens with two attached hydrogens (primary N) is 1. The van der Waals surface area contributed by atoms with Crippen LogP contribution in [0, 0.1) is 0 Å². The number of hydrogen-bond donors (Lipinski definition) is 2. The lowest BCUT2D eigenvalue weighted by molar-refractivity contribution is 0.795. The highest BCUT2D eigenvalue weighted by Crippen LogP contribution is 2.16. The van der Waals surface area contributed by atoms with Gasteiger partial charge in [0.05, 0.1) is 0 Å². The SMILES string of the molecule is CCCCc1ccc(Nc2ccc(N)nn2)cc1. The van der Waals surface area contributed by atoms with Crippen LogP contribution in [-0.4, -0.2) is 10.2 Å². The van der Waals surface area contributed by atoms with E-state index in [-0.39, 0.29) is 0 Å². The van der Waals surface area contributed by atoms with E-state index in [9.17, 15) is 0 Å². The zero-order chi connectivity index (χ0) is 12.8. The zero-order valence-corrected chi connectivity index (χ0v) is 10.6. The molecule has 0 aliphatic carbocycles. The molecule has 0 radical (unpaired) electrons. The Bertz CT molecular complexity index is 476. The minimum atomic E-state index is 0.426. The van der Waals surface area contributed by atoms with E-state index in [1.54, 1.807) is 6.07 Å². The number of benzene rings is 1. The van der Waals surface area contributed by atoms with Gasteiger partial charge in [0.1, 0.15) is 5.82 Å². The maximum absolute atomic E-state index is 5.49. The first-order chi connectivity index (χ1) is 8.78. The lowest BCUT2D eigenvalue weighted by atomic mass is 10.1. The van der Waals surface area contributed by atoms with Crippen LogP contribution in [0.2, 0.25) is 0 Å². The summed E-state index contributed by atoms with van der Waals surface area (Å²) in [5.74, 6) is 1.13. The van der Waals surface area contributed by atoms with E-state index in [2.05, 4.69) is 46.7 Å². The van der Waals surface area contributed by atoms with Crippen molar-refractivity contribution in [2.24, 2.45) is 0 Å². The number of unbranched alkanes of at least 4 members (excludes halogenated alkanes) is 1. The molecule has 0 aliphatic heterocycles. The molecule has 0 saturated heterocycles. The number of aromatic nitrogens is 2. The molecular formula is C14H18N4. The Kier molecular flexibility index (Phi) is 4.12. The fourth-order valence-electron chi connectivity index (χ4n) is 1.69. The fourth-order valence-corrected chi connectivity index (χ4v) is 1.69. The van der Waals surface area contributed by atoms with Gasteiger partial charge in [-0.1, -0.05) is 25.5 Å². The molecule has 3 N–H and O–H groups in total. The highest BCUT2D eigenvalue weighted by Gasteiger charge is 1.97. The first kappa shape index (κ1) is 12.4. The summed E-state index contributed by atoms with van der Waals surface area (Å²) in [5.41, 5.74) is 7.86. The van der Waals surface area contributed by atoms with Gasteiger partial charge in [-0.25, -0.2) is 0 Å². The van der Waals surface area contributed by atoms with Crippen molar-refractivity contribution in [3.8, 4) is 0 Å².